The lowest BCUT2D eigenvalue weighted by Crippen LogP contribution is -2.43. The van der Waals surface area contributed by atoms with E-state index in [2.05, 4.69) is 0 Å². The van der Waals surface area contributed by atoms with Crippen LogP contribution in [-0.4, -0.2) is 48.9 Å². The third-order valence-electron chi connectivity index (χ3n) is 6.38. The molecule has 2 aliphatic rings. The number of methoxy groups -OCH3 is 2. The molecule has 5 rings (SSSR count). The van der Waals surface area contributed by atoms with Gasteiger partial charge in [-0.3, -0.25) is 24.2 Å². The summed E-state index contributed by atoms with van der Waals surface area (Å²) in [6.45, 7) is -0.00631. The van der Waals surface area contributed by atoms with E-state index in [-0.39, 0.29) is 23.9 Å². The number of benzene rings is 3. The maximum atomic E-state index is 13.8. The smallest absolute Gasteiger partial charge is 0.329 e. The van der Waals surface area contributed by atoms with Crippen molar-refractivity contribution in [2.24, 2.45) is 0 Å². The Morgan fingerprint density at radius 2 is 1.57 bits per heavy atom. The number of rotatable bonds is 5. The number of nitrogens with zero attached hydrogens (tertiary/aromatic N) is 2. The number of esters is 1. The first-order valence-corrected chi connectivity index (χ1v) is 11.1. The fraction of sp³-hybridized carbons (Fsp3) is 0.185. The molecule has 0 aromatic heterocycles. The Morgan fingerprint density at radius 1 is 0.914 bits per heavy atom. The average Bonchev–Trinajstić information content (AvgIpc) is 3.39. The van der Waals surface area contributed by atoms with Gasteiger partial charge in [-0.1, -0.05) is 36.4 Å². The van der Waals surface area contributed by atoms with Gasteiger partial charge in [0.1, 0.15) is 11.8 Å². The topological polar surface area (TPSA) is 93.2 Å². The highest BCUT2D eigenvalue weighted by Gasteiger charge is 2.40. The molecule has 8 nitrogen and oxygen atoms in total. The van der Waals surface area contributed by atoms with E-state index < -0.39 is 17.9 Å². The maximum Gasteiger partial charge on any atom is 0.329 e. The standard InChI is InChI=1S/C27H22N2O6/c1-34-23-12-11-16(15-28-24(30)18-8-4-5-9-19(18)25(28)31)13-20(23)26(32)29-21-10-6-3-7-17(21)14-22(29)27(33)35-2/h3-13,22H,14-15H2,1-2H3. The third kappa shape index (κ3) is 3.63. The van der Waals surface area contributed by atoms with E-state index in [1.807, 2.05) is 12.1 Å². The molecule has 0 radical (unpaired) electrons. The highest BCUT2D eigenvalue weighted by molar-refractivity contribution is 6.21. The van der Waals surface area contributed by atoms with E-state index in [1.165, 1.54) is 19.1 Å². The molecule has 0 bridgehead atoms. The van der Waals surface area contributed by atoms with Crippen molar-refractivity contribution in [3.63, 3.8) is 0 Å². The second-order valence-electron chi connectivity index (χ2n) is 8.32. The summed E-state index contributed by atoms with van der Waals surface area (Å²) in [5, 5.41) is 0. The fourth-order valence-electron chi connectivity index (χ4n) is 4.68. The Hall–Kier alpha value is -4.46. The average molecular weight is 470 g/mol. The van der Waals surface area contributed by atoms with Crippen LogP contribution in [0, 0.1) is 0 Å². The monoisotopic (exact) mass is 470 g/mol. The van der Waals surface area contributed by atoms with Crippen LogP contribution in [0.25, 0.3) is 0 Å². The number of para-hydroxylation sites is 1. The van der Waals surface area contributed by atoms with E-state index >= 15 is 0 Å². The second-order valence-corrected chi connectivity index (χ2v) is 8.32. The molecule has 3 aromatic rings. The van der Waals surface area contributed by atoms with Gasteiger partial charge in [0, 0.05) is 12.1 Å². The molecule has 1 atom stereocenters. The quantitative estimate of drug-likeness (QED) is 0.420. The Bertz CT molecular complexity index is 1350. The van der Waals surface area contributed by atoms with Gasteiger partial charge in [0.2, 0.25) is 0 Å². The summed E-state index contributed by atoms with van der Waals surface area (Å²) >= 11 is 0. The van der Waals surface area contributed by atoms with Gasteiger partial charge in [-0.05, 0) is 41.5 Å². The SMILES string of the molecule is COC(=O)C1Cc2ccccc2N1C(=O)c1cc(CN2C(=O)c3ccccc3C2=O)ccc1OC. The van der Waals surface area contributed by atoms with Gasteiger partial charge in [-0.2, -0.15) is 0 Å². The molecule has 3 amide bonds. The van der Waals surface area contributed by atoms with Crippen molar-refractivity contribution in [1.82, 2.24) is 4.90 Å². The van der Waals surface area contributed by atoms with Gasteiger partial charge in [0.25, 0.3) is 17.7 Å². The minimum Gasteiger partial charge on any atom is -0.496 e. The molecule has 2 heterocycles. The first kappa shape index (κ1) is 22.3. The number of imide groups is 1. The molecule has 0 saturated heterocycles. The molecule has 0 fully saturated rings. The Morgan fingerprint density at radius 3 is 2.23 bits per heavy atom. The van der Waals surface area contributed by atoms with Gasteiger partial charge in [0.05, 0.1) is 37.5 Å². The highest BCUT2D eigenvalue weighted by atomic mass is 16.5. The number of hydrogen-bond donors (Lipinski definition) is 0. The molecule has 35 heavy (non-hydrogen) atoms. The molecule has 8 heteroatoms. The predicted octanol–water partition coefficient (Wildman–Crippen LogP) is 3.24. The zero-order valence-corrected chi connectivity index (χ0v) is 19.2. The highest BCUT2D eigenvalue weighted by Crippen LogP contribution is 2.36. The van der Waals surface area contributed by atoms with Crippen molar-refractivity contribution in [3.05, 3.63) is 94.5 Å². The molecule has 1 unspecified atom stereocenters. The lowest BCUT2D eigenvalue weighted by Gasteiger charge is -2.25. The maximum absolute atomic E-state index is 13.8. The summed E-state index contributed by atoms with van der Waals surface area (Å²) in [7, 11) is 2.74. The molecule has 0 spiro atoms. The minimum atomic E-state index is -0.811. The molecular weight excluding hydrogens is 448 g/mol. The summed E-state index contributed by atoms with van der Waals surface area (Å²) in [4.78, 5) is 54.5. The van der Waals surface area contributed by atoms with Crippen LogP contribution in [0.1, 0.15) is 42.2 Å². The number of fused-ring (bicyclic) bond motifs is 2. The van der Waals surface area contributed by atoms with Gasteiger partial charge < -0.3 is 9.47 Å². The molecule has 2 aliphatic heterocycles. The van der Waals surface area contributed by atoms with E-state index in [9.17, 15) is 19.2 Å². The summed E-state index contributed by atoms with van der Waals surface area (Å²) in [5.74, 6) is -1.40. The number of anilines is 1. The van der Waals surface area contributed by atoms with Crippen LogP contribution in [0.15, 0.2) is 66.7 Å². The molecule has 0 N–H and O–H groups in total. The number of ether oxygens (including phenoxy) is 2. The third-order valence-corrected chi connectivity index (χ3v) is 6.38. The Balaban J connectivity index is 1.50. The number of amides is 3. The van der Waals surface area contributed by atoms with Crippen molar-refractivity contribution >= 4 is 29.4 Å². The first-order valence-electron chi connectivity index (χ1n) is 11.1. The van der Waals surface area contributed by atoms with Crippen molar-refractivity contribution in [1.29, 1.82) is 0 Å². The van der Waals surface area contributed by atoms with E-state index in [4.69, 9.17) is 9.47 Å². The van der Waals surface area contributed by atoms with Crippen LogP contribution in [-0.2, 0) is 22.5 Å². The van der Waals surface area contributed by atoms with Crippen molar-refractivity contribution in [2.45, 2.75) is 19.0 Å². The number of carbonyl (C=O) groups is 4. The normalized spacial score (nSPS) is 16.2. The molecule has 0 aliphatic carbocycles. The van der Waals surface area contributed by atoms with Crippen LogP contribution in [0.2, 0.25) is 0 Å². The minimum absolute atomic E-state index is 0.00631. The van der Waals surface area contributed by atoms with Crippen LogP contribution in [0.3, 0.4) is 0 Å². The summed E-state index contributed by atoms with van der Waals surface area (Å²) in [6.07, 6.45) is 0.339. The lowest BCUT2D eigenvalue weighted by atomic mass is 10.1. The molecule has 3 aromatic carbocycles. The first-order chi connectivity index (χ1) is 16.9. The molecule has 176 valence electrons. The van der Waals surface area contributed by atoms with Crippen LogP contribution in [0.4, 0.5) is 5.69 Å². The largest absolute Gasteiger partial charge is 0.496 e. The van der Waals surface area contributed by atoms with Crippen molar-refractivity contribution in [3.8, 4) is 5.75 Å². The summed E-state index contributed by atoms with van der Waals surface area (Å²) in [6, 6.07) is 18.1. The summed E-state index contributed by atoms with van der Waals surface area (Å²) in [5.41, 5.74) is 2.99. The van der Waals surface area contributed by atoms with Crippen LogP contribution < -0.4 is 9.64 Å². The van der Waals surface area contributed by atoms with Gasteiger partial charge >= 0.3 is 5.97 Å². The van der Waals surface area contributed by atoms with E-state index in [1.54, 1.807) is 54.6 Å². The summed E-state index contributed by atoms with van der Waals surface area (Å²) < 4.78 is 10.4. The molecule has 0 saturated carbocycles. The van der Waals surface area contributed by atoms with Gasteiger partial charge in [-0.15, -0.1) is 0 Å². The van der Waals surface area contributed by atoms with E-state index in [0.717, 1.165) is 10.5 Å². The lowest BCUT2D eigenvalue weighted by molar-refractivity contribution is -0.141. The van der Waals surface area contributed by atoms with Crippen molar-refractivity contribution < 1.29 is 28.7 Å². The zero-order valence-electron chi connectivity index (χ0n) is 19.2. The van der Waals surface area contributed by atoms with Gasteiger partial charge in [-0.25, -0.2) is 4.79 Å². The fourth-order valence-corrected chi connectivity index (χ4v) is 4.68. The van der Waals surface area contributed by atoms with Crippen molar-refractivity contribution in [2.75, 3.05) is 19.1 Å². The van der Waals surface area contributed by atoms with E-state index in [0.29, 0.717) is 34.5 Å². The van der Waals surface area contributed by atoms with Crippen LogP contribution >= 0.6 is 0 Å². The predicted molar refractivity (Wildman–Crippen MR) is 126 cm³/mol. The second kappa shape index (κ2) is 8.72. The molecular formula is C27H22N2O6. The zero-order chi connectivity index (χ0) is 24.7. The number of carbonyl (C=O) groups excluding carboxylic acids is 4. The van der Waals surface area contributed by atoms with Gasteiger partial charge in [0.15, 0.2) is 0 Å². The Labute approximate surface area is 201 Å². The number of hydrogen-bond acceptors (Lipinski definition) is 6. The van der Waals surface area contributed by atoms with Crippen LogP contribution in [0.5, 0.6) is 5.75 Å². The Kier molecular flexibility index (Phi) is 5.56.